The molecule has 0 radical (unpaired) electrons. The zero-order valence-electron chi connectivity index (χ0n) is 6.56. The number of alkyl halides is 1. The third-order valence-corrected chi connectivity index (χ3v) is 3.89. The van der Waals surface area contributed by atoms with Crippen LogP contribution in [0.5, 0.6) is 0 Å². The van der Waals surface area contributed by atoms with Gasteiger partial charge >= 0.3 is 0 Å². The molecule has 0 unspecified atom stereocenters. The Bertz CT molecular complexity index is 246. The Morgan fingerprint density at radius 3 is 3.00 bits per heavy atom. The number of carbonyl (C=O) groups is 1. The van der Waals surface area contributed by atoms with Crippen molar-refractivity contribution in [3.8, 4) is 0 Å². The van der Waals surface area contributed by atoms with Gasteiger partial charge in [0.2, 0.25) is 0 Å². The molecule has 0 saturated heterocycles. The van der Waals surface area contributed by atoms with Crippen LogP contribution in [0.25, 0.3) is 0 Å². The fourth-order valence-electron chi connectivity index (χ4n) is 2.11. The molecule has 2 heteroatoms. The van der Waals surface area contributed by atoms with Gasteiger partial charge in [0.15, 0.2) is 0 Å². The van der Waals surface area contributed by atoms with Gasteiger partial charge in [-0.2, -0.15) is 0 Å². The lowest BCUT2D eigenvalue weighted by molar-refractivity contribution is -0.125. The van der Waals surface area contributed by atoms with Crippen molar-refractivity contribution in [2.24, 2.45) is 5.41 Å². The van der Waals surface area contributed by atoms with E-state index in [4.69, 9.17) is 11.6 Å². The van der Waals surface area contributed by atoms with Gasteiger partial charge in [-0.25, -0.2) is 0 Å². The lowest BCUT2D eigenvalue weighted by Gasteiger charge is -2.29. The number of fused-ring (bicyclic) bond motifs is 1. The molecule has 1 saturated carbocycles. The molecule has 0 amide bonds. The molecule has 0 heterocycles. The molecule has 0 N–H and O–H groups in total. The van der Waals surface area contributed by atoms with E-state index in [-0.39, 0.29) is 10.3 Å². The quantitative estimate of drug-likeness (QED) is 0.403. The summed E-state index contributed by atoms with van der Waals surface area (Å²) in [5.74, 6) is 0.331. The van der Waals surface area contributed by atoms with Gasteiger partial charge in [-0.15, -0.1) is 11.6 Å². The van der Waals surface area contributed by atoms with Crippen molar-refractivity contribution in [1.82, 2.24) is 0 Å². The number of Topliss-reactive ketones (excluding diaryl/α,β-unsaturated/α-hetero) is 1. The summed E-state index contributed by atoms with van der Waals surface area (Å²) in [6, 6.07) is 0. The van der Waals surface area contributed by atoms with E-state index >= 15 is 0 Å². The second-order valence-electron chi connectivity index (χ2n) is 3.72. The van der Waals surface area contributed by atoms with E-state index in [2.05, 4.69) is 0 Å². The summed E-state index contributed by atoms with van der Waals surface area (Å²) in [6.45, 7) is 1.98. The van der Waals surface area contributed by atoms with Gasteiger partial charge in [-0.1, -0.05) is 19.1 Å². The standard InChI is InChI=1S/C9H11ClO/c1-8-4-2-5-9(8,10)6-3-7(8)11/h2,5H,3-4,6H2,1H3/t8-,9-/m0/s1. The van der Waals surface area contributed by atoms with Crippen LogP contribution in [-0.2, 0) is 4.79 Å². The number of hydrogen-bond donors (Lipinski definition) is 0. The smallest absolute Gasteiger partial charge is 0.141 e. The van der Waals surface area contributed by atoms with E-state index in [0.717, 1.165) is 12.8 Å². The minimum Gasteiger partial charge on any atom is -0.299 e. The number of carbonyl (C=O) groups excluding carboxylic acids is 1. The van der Waals surface area contributed by atoms with Gasteiger partial charge in [-0.3, -0.25) is 4.79 Å². The molecular weight excluding hydrogens is 160 g/mol. The molecule has 2 aliphatic carbocycles. The second kappa shape index (κ2) is 1.89. The van der Waals surface area contributed by atoms with Crippen molar-refractivity contribution in [2.45, 2.75) is 31.1 Å². The molecule has 11 heavy (non-hydrogen) atoms. The van der Waals surface area contributed by atoms with Crippen molar-refractivity contribution in [2.75, 3.05) is 0 Å². The van der Waals surface area contributed by atoms with E-state index in [0.29, 0.717) is 12.2 Å². The minimum absolute atomic E-state index is 0.283. The molecule has 0 aromatic rings. The highest BCUT2D eigenvalue weighted by molar-refractivity contribution is 6.29. The molecule has 1 nitrogen and oxygen atoms in total. The molecule has 0 bridgehead atoms. The minimum atomic E-state index is -0.343. The zero-order chi connectivity index (χ0) is 8.11. The average Bonchev–Trinajstić information content (AvgIpc) is 2.34. The van der Waals surface area contributed by atoms with E-state index < -0.39 is 0 Å². The first-order valence-corrected chi connectivity index (χ1v) is 4.36. The lowest BCUT2D eigenvalue weighted by Crippen LogP contribution is -2.35. The van der Waals surface area contributed by atoms with Crippen LogP contribution in [0.2, 0.25) is 0 Å². The molecule has 0 aromatic heterocycles. The lowest BCUT2D eigenvalue weighted by atomic mass is 9.80. The summed E-state index contributed by atoms with van der Waals surface area (Å²) in [5.41, 5.74) is -0.283. The average molecular weight is 171 g/mol. The molecule has 0 aliphatic heterocycles. The summed E-state index contributed by atoms with van der Waals surface area (Å²) >= 11 is 6.30. The van der Waals surface area contributed by atoms with E-state index in [1.165, 1.54) is 0 Å². The van der Waals surface area contributed by atoms with Gasteiger partial charge in [0.25, 0.3) is 0 Å². The largest absolute Gasteiger partial charge is 0.299 e. The van der Waals surface area contributed by atoms with E-state index in [1.807, 2.05) is 19.1 Å². The Morgan fingerprint density at radius 1 is 1.64 bits per heavy atom. The highest BCUT2D eigenvalue weighted by Crippen LogP contribution is 2.54. The summed E-state index contributed by atoms with van der Waals surface area (Å²) in [5, 5.41) is 0. The highest BCUT2D eigenvalue weighted by Gasteiger charge is 2.56. The third-order valence-electron chi connectivity index (χ3n) is 3.16. The van der Waals surface area contributed by atoms with Gasteiger partial charge in [0.05, 0.1) is 10.3 Å². The molecule has 2 atom stereocenters. The van der Waals surface area contributed by atoms with Crippen molar-refractivity contribution in [3.63, 3.8) is 0 Å². The zero-order valence-corrected chi connectivity index (χ0v) is 7.32. The molecule has 2 rings (SSSR count). The molecule has 60 valence electrons. The van der Waals surface area contributed by atoms with Gasteiger partial charge in [-0.05, 0) is 12.8 Å². The van der Waals surface area contributed by atoms with Crippen molar-refractivity contribution in [3.05, 3.63) is 12.2 Å². The van der Waals surface area contributed by atoms with E-state index in [1.54, 1.807) is 0 Å². The van der Waals surface area contributed by atoms with Crippen LogP contribution in [0.1, 0.15) is 26.2 Å². The van der Waals surface area contributed by atoms with Gasteiger partial charge in [0.1, 0.15) is 5.78 Å². The van der Waals surface area contributed by atoms with Gasteiger partial charge < -0.3 is 0 Å². The summed E-state index contributed by atoms with van der Waals surface area (Å²) in [6.07, 6.45) is 6.34. The fraction of sp³-hybridized carbons (Fsp3) is 0.667. The predicted octanol–water partition coefficient (Wildman–Crippen LogP) is 2.29. The number of rotatable bonds is 0. The number of hydrogen-bond acceptors (Lipinski definition) is 1. The molecular formula is C9H11ClO. The maximum atomic E-state index is 11.5. The second-order valence-corrected chi connectivity index (χ2v) is 4.40. The van der Waals surface area contributed by atoms with Crippen LogP contribution in [0, 0.1) is 5.41 Å². The fourth-order valence-corrected chi connectivity index (χ4v) is 2.48. The Morgan fingerprint density at radius 2 is 2.36 bits per heavy atom. The first-order chi connectivity index (χ1) is 5.08. The molecule has 0 spiro atoms. The first kappa shape index (κ1) is 7.35. The number of allylic oxidation sites excluding steroid dienone is 2. The summed E-state index contributed by atoms with van der Waals surface area (Å²) < 4.78 is 0. The maximum absolute atomic E-state index is 11.5. The Kier molecular flexibility index (Phi) is 1.26. The Balaban J connectivity index is 2.46. The molecule has 1 fully saturated rings. The van der Waals surface area contributed by atoms with Crippen molar-refractivity contribution in [1.29, 1.82) is 0 Å². The number of ketones is 1. The van der Waals surface area contributed by atoms with Crippen molar-refractivity contribution >= 4 is 17.4 Å². The molecule has 0 aromatic carbocycles. The SMILES string of the molecule is C[C@@]12CC=C[C@]1(Cl)CCC2=O. The summed E-state index contributed by atoms with van der Waals surface area (Å²) in [7, 11) is 0. The molecule has 2 aliphatic rings. The van der Waals surface area contributed by atoms with Crippen LogP contribution >= 0.6 is 11.6 Å². The Labute approximate surface area is 71.4 Å². The first-order valence-electron chi connectivity index (χ1n) is 3.98. The summed E-state index contributed by atoms with van der Waals surface area (Å²) in [4.78, 5) is 11.1. The van der Waals surface area contributed by atoms with Gasteiger partial charge in [0, 0.05) is 6.42 Å². The highest BCUT2D eigenvalue weighted by atomic mass is 35.5. The topological polar surface area (TPSA) is 17.1 Å². The monoisotopic (exact) mass is 170 g/mol. The van der Waals surface area contributed by atoms with Crippen molar-refractivity contribution < 1.29 is 4.79 Å². The maximum Gasteiger partial charge on any atom is 0.141 e. The van der Waals surface area contributed by atoms with Crippen LogP contribution in [0.15, 0.2) is 12.2 Å². The normalized spacial score (nSPS) is 48.4. The predicted molar refractivity (Wildman–Crippen MR) is 44.7 cm³/mol. The van der Waals surface area contributed by atoms with E-state index in [9.17, 15) is 4.79 Å². The Hall–Kier alpha value is -0.300. The van der Waals surface area contributed by atoms with Crippen LogP contribution in [-0.4, -0.2) is 10.7 Å². The third kappa shape index (κ3) is 0.698. The van der Waals surface area contributed by atoms with Crippen LogP contribution in [0.3, 0.4) is 0 Å². The van der Waals surface area contributed by atoms with Crippen LogP contribution < -0.4 is 0 Å². The van der Waals surface area contributed by atoms with Crippen LogP contribution in [0.4, 0.5) is 0 Å². The number of halogens is 1.